The van der Waals surface area contributed by atoms with E-state index in [-0.39, 0.29) is 11.8 Å². The van der Waals surface area contributed by atoms with Gasteiger partial charge >= 0.3 is 0 Å². The Balaban J connectivity index is 1.48. The van der Waals surface area contributed by atoms with Gasteiger partial charge in [0.25, 0.3) is 5.91 Å². The zero-order valence-electron chi connectivity index (χ0n) is 19.3. The fraction of sp³-hybridized carbons (Fsp3) is 0.259. The normalized spacial score (nSPS) is 17.6. The number of hydrogen-bond acceptors (Lipinski definition) is 4. The van der Waals surface area contributed by atoms with Gasteiger partial charge in [0.05, 0.1) is 13.2 Å². The van der Waals surface area contributed by atoms with Gasteiger partial charge in [-0.25, -0.2) is 0 Å². The van der Waals surface area contributed by atoms with Crippen LogP contribution in [0.5, 0.6) is 5.75 Å². The van der Waals surface area contributed by atoms with E-state index in [2.05, 4.69) is 5.32 Å². The van der Waals surface area contributed by atoms with E-state index in [1.165, 1.54) is 0 Å². The van der Waals surface area contributed by atoms with Crippen LogP contribution in [-0.4, -0.2) is 33.4 Å². The van der Waals surface area contributed by atoms with Gasteiger partial charge < -0.3 is 19.5 Å². The van der Waals surface area contributed by atoms with Gasteiger partial charge in [-0.1, -0.05) is 42.5 Å². The second-order valence-electron chi connectivity index (χ2n) is 8.71. The summed E-state index contributed by atoms with van der Waals surface area (Å²) in [6.07, 6.45) is 0. The number of aromatic nitrogens is 1. The highest BCUT2D eigenvalue weighted by Gasteiger charge is 2.47. The number of thiophene rings is 1. The van der Waals surface area contributed by atoms with Gasteiger partial charge in [0, 0.05) is 18.5 Å². The second-order valence-corrected chi connectivity index (χ2v) is 9.60. The Kier molecular flexibility index (Phi) is 5.87. The van der Waals surface area contributed by atoms with Crippen LogP contribution in [0.15, 0.2) is 72.1 Å². The van der Waals surface area contributed by atoms with Gasteiger partial charge in [0.2, 0.25) is 5.91 Å². The molecule has 0 saturated carbocycles. The van der Waals surface area contributed by atoms with Crippen LogP contribution in [0, 0.1) is 0 Å². The fourth-order valence-electron chi connectivity index (χ4n) is 4.51. The van der Waals surface area contributed by atoms with E-state index in [1.807, 2.05) is 90.5 Å². The maximum absolute atomic E-state index is 13.8. The summed E-state index contributed by atoms with van der Waals surface area (Å²) in [7, 11) is 0. The Morgan fingerprint density at radius 3 is 2.59 bits per heavy atom. The molecule has 0 bridgehead atoms. The summed E-state index contributed by atoms with van der Waals surface area (Å²) in [6, 6.07) is 21.5. The van der Waals surface area contributed by atoms with Crippen LogP contribution < -0.4 is 10.1 Å². The van der Waals surface area contributed by atoms with Crippen molar-refractivity contribution in [1.29, 1.82) is 0 Å². The van der Waals surface area contributed by atoms with Crippen LogP contribution in [0.1, 0.15) is 35.5 Å². The van der Waals surface area contributed by atoms with Gasteiger partial charge in [0.1, 0.15) is 21.8 Å². The molecule has 174 valence electrons. The highest BCUT2D eigenvalue weighted by Crippen LogP contribution is 2.35. The van der Waals surface area contributed by atoms with Crippen molar-refractivity contribution >= 4 is 33.4 Å². The molecule has 2 aromatic carbocycles. The van der Waals surface area contributed by atoms with E-state index < -0.39 is 5.54 Å². The smallest absolute Gasteiger partial charge is 0.271 e. The first-order valence-electron chi connectivity index (χ1n) is 11.4. The Bertz CT molecular complexity index is 1330. The van der Waals surface area contributed by atoms with Crippen molar-refractivity contribution in [3.63, 3.8) is 0 Å². The predicted octanol–water partition coefficient (Wildman–Crippen LogP) is 4.83. The number of hydrogen-bond donors (Lipinski definition) is 1. The van der Waals surface area contributed by atoms with Gasteiger partial charge in [-0.15, -0.1) is 11.3 Å². The highest BCUT2D eigenvalue weighted by atomic mass is 32.1. The number of nitrogens with one attached hydrogen (secondary N) is 1. The first-order valence-corrected chi connectivity index (χ1v) is 12.3. The predicted molar refractivity (Wildman–Crippen MR) is 134 cm³/mol. The molecule has 0 aliphatic carbocycles. The van der Waals surface area contributed by atoms with Crippen molar-refractivity contribution in [2.45, 2.75) is 39.0 Å². The molecule has 5 rings (SSSR count). The van der Waals surface area contributed by atoms with Crippen molar-refractivity contribution in [2.24, 2.45) is 0 Å². The first kappa shape index (κ1) is 22.2. The van der Waals surface area contributed by atoms with Gasteiger partial charge in [0.15, 0.2) is 0 Å². The molecule has 1 N–H and O–H groups in total. The lowest BCUT2D eigenvalue weighted by Crippen LogP contribution is -2.63. The molecule has 4 aromatic rings. The molecule has 0 radical (unpaired) electrons. The Morgan fingerprint density at radius 1 is 1.09 bits per heavy atom. The molecule has 0 fully saturated rings. The molecule has 2 amide bonds. The van der Waals surface area contributed by atoms with Crippen molar-refractivity contribution in [3.05, 3.63) is 88.9 Å². The molecule has 1 atom stereocenters. The lowest BCUT2D eigenvalue weighted by Gasteiger charge is -2.44. The molecular weight excluding hydrogens is 446 g/mol. The molecule has 0 saturated heterocycles. The molecule has 2 aromatic heterocycles. The molecule has 6 nitrogen and oxygen atoms in total. The third-order valence-electron chi connectivity index (χ3n) is 6.39. The van der Waals surface area contributed by atoms with Gasteiger partial charge in [-0.05, 0) is 54.6 Å². The van der Waals surface area contributed by atoms with E-state index >= 15 is 0 Å². The number of benzene rings is 2. The van der Waals surface area contributed by atoms with Gasteiger partial charge in [-0.2, -0.15) is 0 Å². The van der Waals surface area contributed by atoms with Crippen LogP contribution in [0.4, 0.5) is 0 Å². The number of carbonyl (C=O) groups is 2. The quantitative estimate of drug-likeness (QED) is 0.418. The molecule has 34 heavy (non-hydrogen) atoms. The SMILES string of the molecule is CCOc1ccc(CN2C(=O)c3cc4ccsc4n3C[C@]2(C)C(=O)NCc2ccccc2)cc1. The minimum absolute atomic E-state index is 0.138. The molecule has 1 aliphatic heterocycles. The van der Waals surface area contributed by atoms with Crippen molar-refractivity contribution in [3.8, 4) is 5.75 Å². The van der Waals surface area contributed by atoms with Crippen LogP contribution in [0.25, 0.3) is 10.2 Å². The Hall–Kier alpha value is -3.58. The number of ether oxygens (including phenoxy) is 1. The van der Waals surface area contributed by atoms with E-state index in [0.717, 1.165) is 27.1 Å². The average molecular weight is 474 g/mol. The molecule has 0 unspecified atom stereocenters. The molecule has 7 heteroatoms. The summed E-state index contributed by atoms with van der Waals surface area (Å²) in [5.74, 6) is 0.481. The Morgan fingerprint density at radius 2 is 1.85 bits per heavy atom. The maximum Gasteiger partial charge on any atom is 0.271 e. The standard InChI is InChI=1S/C27H27N3O3S/c1-3-33-22-11-9-20(10-12-22)17-30-24(31)23-15-21-13-14-34-25(21)29(23)18-27(30,2)26(32)28-16-19-7-5-4-6-8-19/h4-15H,3,16-18H2,1-2H3,(H,28,32)/t27-/m1/s1. The van der Waals surface area contributed by atoms with E-state index in [0.29, 0.717) is 31.9 Å². The van der Waals surface area contributed by atoms with Crippen LogP contribution >= 0.6 is 11.3 Å². The summed E-state index contributed by atoms with van der Waals surface area (Å²) >= 11 is 1.59. The minimum Gasteiger partial charge on any atom is -0.494 e. The second kappa shape index (κ2) is 8.99. The average Bonchev–Trinajstić information content (AvgIpc) is 3.44. The zero-order valence-corrected chi connectivity index (χ0v) is 20.1. The monoisotopic (exact) mass is 473 g/mol. The summed E-state index contributed by atoms with van der Waals surface area (Å²) in [5, 5.41) is 6.12. The van der Waals surface area contributed by atoms with Crippen molar-refractivity contribution in [1.82, 2.24) is 14.8 Å². The minimum atomic E-state index is -1.05. The van der Waals surface area contributed by atoms with Gasteiger partial charge in [-0.3, -0.25) is 9.59 Å². The topological polar surface area (TPSA) is 63.6 Å². The van der Waals surface area contributed by atoms with E-state index in [9.17, 15) is 9.59 Å². The Labute approximate surface area is 202 Å². The lowest BCUT2D eigenvalue weighted by atomic mass is 9.93. The number of fused-ring (bicyclic) bond motifs is 3. The maximum atomic E-state index is 13.8. The molecule has 1 aliphatic rings. The third kappa shape index (κ3) is 3.96. The molecule has 0 spiro atoms. The lowest BCUT2D eigenvalue weighted by molar-refractivity contribution is -0.133. The number of nitrogens with zero attached hydrogens (tertiary/aromatic N) is 2. The van der Waals surface area contributed by atoms with Crippen molar-refractivity contribution in [2.75, 3.05) is 6.61 Å². The van der Waals surface area contributed by atoms with Crippen LogP contribution in [0.3, 0.4) is 0 Å². The summed E-state index contributed by atoms with van der Waals surface area (Å²) < 4.78 is 7.55. The summed E-state index contributed by atoms with van der Waals surface area (Å²) in [5.41, 5.74) is 1.54. The summed E-state index contributed by atoms with van der Waals surface area (Å²) in [4.78, 5) is 30.1. The first-order chi connectivity index (χ1) is 16.5. The van der Waals surface area contributed by atoms with E-state index in [1.54, 1.807) is 16.2 Å². The van der Waals surface area contributed by atoms with Crippen LogP contribution in [0.2, 0.25) is 0 Å². The largest absolute Gasteiger partial charge is 0.494 e. The van der Waals surface area contributed by atoms with Crippen molar-refractivity contribution < 1.29 is 14.3 Å². The van der Waals surface area contributed by atoms with E-state index in [4.69, 9.17) is 4.74 Å². The molecule has 3 heterocycles. The third-order valence-corrected chi connectivity index (χ3v) is 7.34. The zero-order chi connectivity index (χ0) is 23.7. The summed E-state index contributed by atoms with van der Waals surface area (Å²) in [6.45, 7) is 5.54. The fourth-order valence-corrected chi connectivity index (χ4v) is 5.41. The highest BCUT2D eigenvalue weighted by molar-refractivity contribution is 7.16. The number of amides is 2. The molecular formula is C27H27N3O3S. The van der Waals surface area contributed by atoms with Crippen LogP contribution in [-0.2, 0) is 24.4 Å². The number of carbonyl (C=O) groups excluding carboxylic acids is 2. The number of rotatable bonds is 7.